The molecule has 1 N–H and O–H groups in total. The quantitative estimate of drug-likeness (QED) is 0.433. The molecule has 0 radical (unpaired) electrons. The van der Waals surface area contributed by atoms with Gasteiger partial charge in [-0.25, -0.2) is 0 Å². The van der Waals surface area contributed by atoms with Crippen LogP contribution in [0.15, 0.2) is 48.5 Å². The van der Waals surface area contributed by atoms with Crippen LogP contribution in [0, 0.1) is 0 Å². The third kappa shape index (κ3) is 3.16. The lowest BCUT2D eigenvalue weighted by Gasteiger charge is -2.26. The van der Waals surface area contributed by atoms with Crippen molar-refractivity contribution >= 4 is 22.3 Å². The number of benzene rings is 1. The Morgan fingerprint density at radius 1 is 1.00 bits per heavy atom. The molecule has 4 heteroatoms. The first-order valence-electron chi connectivity index (χ1n) is 11.1. The normalized spacial score (nSPS) is 15.4. The molecule has 0 aliphatic carbocycles. The van der Waals surface area contributed by atoms with Crippen molar-refractivity contribution in [3.8, 4) is 16.9 Å². The molecule has 1 aliphatic heterocycles. The highest BCUT2D eigenvalue weighted by Crippen LogP contribution is 2.39. The molecule has 0 bridgehead atoms. The molecule has 1 aromatic carbocycles. The summed E-state index contributed by atoms with van der Waals surface area (Å²) in [7, 11) is 0. The van der Waals surface area contributed by atoms with Crippen molar-refractivity contribution in [2.45, 2.75) is 39.0 Å². The maximum Gasteiger partial charge on any atom is 0.164 e. The number of nitrogens with zero attached hydrogens (tertiary/aromatic N) is 2. The lowest BCUT2D eigenvalue weighted by Crippen LogP contribution is -2.31. The second-order valence-corrected chi connectivity index (χ2v) is 8.40. The van der Waals surface area contributed by atoms with Gasteiger partial charge in [0.25, 0.3) is 0 Å². The number of likely N-dealkylation sites (tertiary alicyclic amines) is 1. The number of phenolic OH excluding ortho intramolecular Hbond substituents is 1. The standard InChI is InChI=1S/C26H28N2O2/c1-2-20-23-8-6-7-18-9-12-24(28(18)23)26(20)21-11-10-19(29)17-22(21)25(30)13-16-27-14-4-3-5-15-27/h6-12,17,29H,2-5,13-16H2,1H3. The Bertz CT molecular complexity index is 1200. The number of hydrogen-bond acceptors (Lipinski definition) is 3. The lowest BCUT2D eigenvalue weighted by molar-refractivity contribution is 0.0959. The topological polar surface area (TPSA) is 45.0 Å². The molecule has 0 spiro atoms. The molecule has 5 rings (SSSR count). The molecule has 154 valence electrons. The number of Topliss-reactive ketones (excluding diaryl/α,β-unsaturated/α-hetero) is 1. The van der Waals surface area contributed by atoms with Gasteiger partial charge in [-0.15, -0.1) is 0 Å². The van der Waals surface area contributed by atoms with Crippen molar-refractivity contribution in [2.75, 3.05) is 19.6 Å². The summed E-state index contributed by atoms with van der Waals surface area (Å²) >= 11 is 0. The molecule has 0 saturated carbocycles. The Morgan fingerprint density at radius 3 is 2.63 bits per heavy atom. The van der Waals surface area contributed by atoms with Crippen LogP contribution in [0.25, 0.3) is 27.7 Å². The minimum absolute atomic E-state index is 0.109. The van der Waals surface area contributed by atoms with E-state index in [4.69, 9.17) is 0 Å². The highest BCUT2D eigenvalue weighted by Gasteiger charge is 2.23. The monoisotopic (exact) mass is 400 g/mol. The number of rotatable bonds is 6. The Morgan fingerprint density at radius 2 is 1.83 bits per heavy atom. The van der Waals surface area contributed by atoms with E-state index in [-0.39, 0.29) is 11.5 Å². The summed E-state index contributed by atoms with van der Waals surface area (Å²) in [5, 5.41) is 10.2. The smallest absolute Gasteiger partial charge is 0.164 e. The van der Waals surface area contributed by atoms with Crippen LogP contribution in [0.3, 0.4) is 0 Å². The van der Waals surface area contributed by atoms with Gasteiger partial charge >= 0.3 is 0 Å². The molecular formula is C26H28N2O2. The van der Waals surface area contributed by atoms with Crippen molar-refractivity contribution in [2.24, 2.45) is 0 Å². The number of carbonyl (C=O) groups excluding carboxylic acids is 1. The van der Waals surface area contributed by atoms with E-state index in [0.29, 0.717) is 12.0 Å². The molecular weight excluding hydrogens is 372 g/mol. The largest absolute Gasteiger partial charge is 0.508 e. The van der Waals surface area contributed by atoms with Gasteiger partial charge in [0.15, 0.2) is 5.78 Å². The van der Waals surface area contributed by atoms with Crippen LogP contribution in [-0.2, 0) is 6.42 Å². The number of pyridine rings is 1. The predicted molar refractivity (Wildman–Crippen MR) is 122 cm³/mol. The number of piperidine rings is 1. The summed E-state index contributed by atoms with van der Waals surface area (Å²) < 4.78 is 2.28. The van der Waals surface area contributed by atoms with E-state index >= 15 is 0 Å². The fourth-order valence-corrected chi connectivity index (χ4v) is 5.09. The molecule has 1 aliphatic rings. The van der Waals surface area contributed by atoms with Crippen molar-refractivity contribution < 1.29 is 9.90 Å². The van der Waals surface area contributed by atoms with Crippen LogP contribution in [0.2, 0.25) is 0 Å². The van der Waals surface area contributed by atoms with E-state index in [0.717, 1.165) is 42.7 Å². The van der Waals surface area contributed by atoms with Crippen molar-refractivity contribution in [3.05, 3.63) is 59.7 Å². The Kier molecular flexibility index (Phi) is 4.95. The first-order valence-corrected chi connectivity index (χ1v) is 11.1. The highest BCUT2D eigenvalue weighted by molar-refractivity contribution is 6.07. The average molecular weight is 401 g/mol. The zero-order valence-electron chi connectivity index (χ0n) is 17.5. The van der Waals surface area contributed by atoms with Crippen LogP contribution in [0.1, 0.15) is 48.5 Å². The summed E-state index contributed by atoms with van der Waals surface area (Å²) in [5.41, 5.74) is 7.45. The number of phenols is 1. The Hall–Kier alpha value is -2.85. The van der Waals surface area contributed by atoms with Crippen LogP contribution in [-0.4, -0.2) is 39.8 Å². The molecule has 0 unspecified atom stereocenters. The zero-order valence-corrected chi connectivity index (χ0v) is 17.5. The fourth-order valence-electron chi connectivity index (χ4n) is 5.09. The number of aromatic nitrogens is 1. The summed E-state index contributed by atoms with van der Waals surface area (Å²) in [4.78, 5) is 15.7. The third-order valence-corrected chi connectivity index (χ3v) is 6.57. The van der Waals surface area contributed by atoms with Gasteiger partial charge in [0.1, 0.15) is 5.75 Å². The van der Waals surface area contributed by atoms with Gasteiger partial charge < -0.3 is 14.4 Å². The molecule has 30 heavy (non-hydrogen) atoms. The summed E-state index contributed by atoms with van der Waals surface area (Å²) in [6.07, 6.45) is 5.11. The second-order valence-electron chi connectivity index (χ2n) is 8.40. The SMILES string of the molecule is CCc1c(-c2ccc(O)cc2C(=O)CCN2CCCCC2)c2ccc3cccc1n32. The Balaban J connectivity index is 1.58. The van der Waals surface area contributed by atoms with Gasteiger partial charge in [-0.05, 0) is 85.9 Å². The maximum absolute atomic E-state index is 13.3. The first-order chi connectivity index (χ1) is 14.7. The number of aromatic hydroxyl groups is 1. The highest BCUT2D eigenvalue weighted by atomic mass is 16.3. The first kappa shape index (κ1) is 19.1. The predicted octanol–water partition coefficient (Wildman–Crippen LogP) is 5.52. The van der Waals surface area contributed by atoms with Crippen LogP contribution in [0.5, 0.6) is 5.75 Å². The minimum Gasteiger partial charge on any atom is -0.508 e. The van der Waals surface area contributed by atoms with E-state index in [1.807, 2.05) is 6.07 Å². The third-order valence-electron chi connectivity index (χ3n) is 6.57. The molecule has 4 heterocycles. The van der Waals surface area contributed by atoms with E-state index < -0.39 is 0 Å². The summed E-state index contributed by atoms with van der Waals surface area (Å²) in [5.74, 6) is 0.257. The molecule has 0 atom stereocenters. The minimum atomic E-state index is 0.109. The summed E-state index contributed by atoms with van der Waals surface area (Å²) in [6.45, 7) is 5.13. The molecule has 4 nitrogen and oxygen atoms in total. The van der Waals surface area contributed by atoms with Crippen LogP contribution in [0.4, 0.5) is 0 Å². The molecule has 1 fully saturated rings. The van der Waals surface area contributed by atoms with Crippen LogP contribution >= 0.6 is 0 Å². The van der Waals surface area contributed by atoms with Gasteiger partial charge in [-0.2, -0.15) is 0 Å². The zero-order chi connectivity index (χ0) is 20.7. The average Bonchev–Trinajstić information content (AvgIpc) is 3.35. The number of hydrogen-bond donors (Lipinski definition) is 1. The molecule has 0 amide bonds. The molecule has 1 saturated heterocycles. The van der Waals surface area contributed by atoms with Crippen LogP contribution < -0.4 is 0 Å². The fraction of sp³-hybridized carbons (Fsp3) is 0.346. The van der Waals surface area contributed by atoms with E-state index in [2.05, 4.69) is 46.6 Å². The number of ketones is 1. The van der Waals surface area contributed by atoms with Gasteiger partial charge in [0, 0.05) is 29.6 Å². The van der Waals surface area contributed by atoms with E-state index in [9.17, 15) is 9.90 Å². The van der Waals surface area contributed by atoms with E-state index in [1.54, 1.807) is 12.1 Å². The van der Waals surface area contributed by atoms with Crippen molar-refractivity contribution in [1.29, 1.82) is 0 Å². The molecule has 4 aromatic rings. The van der Waals surface area contributed by atoms with Gasteiger partial charge in [0.05, 0.1) is 11.0 Å². The number of carbonyl (C=O) groups is 1. The van der Waals surface area contributed by atoms with Gasteiger partial charge in [0.2, 0.25) is 0 Å². The molecule has 3 aromatic heterocycles. The Labute approximate surface area is 177 Å². The maximum atomic E-state index is 13.3. The van der Waals surface area contributed by atoms with E-state index in [1.165, 1.54) is 35.9 Å². The second kappa shape index (κ2) is 7.77. The number of aryl methyl sites for hydroxylation is 1. The van der Waals surface area contributed by atoms with Crippen molar-refractivity contribution in [1.82, 2.24) is 9.30 Å². The van der Waals surface area contributed by atoms with Crippen molar-refractivity contribution in [3.63, 3.8) is 0 Å². The lowest BCUT2D eigenvalue weighted by atomic mass is 9.92. The van der Waals surface area contributed by atoms with Gasteiger partial charge in [-0.3, -0.25) is 4.79 Å². The summed E-state index contributed by atoms with van der Waals surface area (Å²) in [6, 6.07) is 15.9. The van der Waals surface area contributed by atoms with Gasteiger partial charge in [-0.1, -0.05) is 19.4 Å².